The highest BCUT2D eigenvalue weighted by Gasteiger charge is 2.24. The van der Waals surface area contributed by atoms with E-state index >= 15 is 0 Å². The molecule has 2 aromatic carbocycles. The van der Waals surface area contributed by atoms with Gasteiger partial charge >= 0.3 is 6.09 Å². The molecular formula is C17H15N3O5S. The summed E-state index contributed by atoms with van der Waals surface area (Å²) >= 11 is 1.39. The molecule has 1 fully saturated rings. The SMILES string of the molecule is CSc1ccc([N+](=O)[O-])c(C(=O)Nc2cccc(N3CCOC3=O)c2)c1. The van der Waals surface area contributed by atoms with Gasteiger partial charge in [0.05, 0.1) is 11.5 Å². The Morgan fingerprint density at radius 3 is 2.77 bits per heavy atom. The Morgan fingerprint density at radius 2 is 2.12 bits per heavy atom. The van der Waals surface area contributed by atoms with Crippen LogP contribution < -0.4 is 10.2 Å². The third kappa shape index (κ3) is 3.62. The van der Waals surface area contributed by atoms with E-state index in [-0.39, 0.29) is 11.3 Å². The summed E-state index contributed by atoms with van der Waals surface area (Å²) in [6.45, 7) is 0.737. The summed E-state index contributed by atoms with van der Waals surface area (Å²) in [5.74, 6) is -0.589. The van der Waals surface area contributed by atoms with Gasteiger partial charge in [0.25, 0.3) is 11.6 Å². The fourth-order valence-corrected chi connectivity index (χ4v) is 3.00. The van der Waals surface area contributed by atoms with Crippen LogP contribution in [0.4, 0.5) is 21.9 Å². The molecule has 0 bridgehead atoms. The molecule has 0 atom stereocenters. The first-order valence-electron chi connectivity index (χ1n) is 7.68. The van der Waals surface area contributed by atoms with E-state index in [1.54, 1.807) is 30.3 Å². The first-order chi connectivity index (χ1) is 12.5. The highest BCUT2D eigenvalue weighted by Crippen LogP contribution is 2.27. The molecule has 1 aliphatic rings. The molecular weight excluding hydrogens is 358 g/mol. The highest BCUT2D eigenvalue weighted by molar-refractivity contribution is 7.98. The summed E-state index contributed by atoms with van der Waals surface area (Å²) in [7, 11) is 0. The topological polar surface area (TPSA) is 102 Å². The van der Waals surface area contributed by atoms with Crippen LogP contribution in [-0.4, -0.2) is 36.3 Å². The largest absolute Gasteiger partial charge is 0.447 e. The minimum Gasteiger partial charge on any atom is -0.447 e. The molecule has 3 rings (SSSR count). The zero-order valence-corrected chi connectivity index (χ0v) is 14.6. The van der Waals surface area contributed by atoms with Gasteiger partial charge in [-0.2, -0.15) is 0 Å². The predicted molar refractivity (Wildman–Crippen MR) is 98.0 cm³/mol. The minimum absolute atomic E-state index is 0.0205. The van der Waals surface area contributed by atoms with Crippen LogP contribution in [0.3, 0.4) is 0 Å². The van der Waals surface area contributed by atoms with Crippen molar-refractivity contribution >= 4 is 40.8 Å². The maximum Gasteiger partial charge on any atom is 0.414 e. The summed E-state index contributed by atoms with van der Waals surface area (Å²) in [5, 5.41) is 13.9. The van der Waals surface area contributed by atoms with E-state index in [2.05, 4.69) is 5.32 Å². The van der Waals surface area contributed by atoms with Gasteiger partial charge in [0, 0.05) is 22.3 Å². The van der Waals surface area contributed by atoms with E-state index in [0.29, 0.717) is 24.5 Å². The number of ether oxygens (including phenoxy) is 1. The number of nitro groups is 1. The van der Waals surface area contributed by atoms with E-state index in [9.17, 15) is 19.7 Å². The fourth-order valence-electron chi connectivity index (χ4n) is 2.56. The van der Waals surface area contributed by atoms with Gasteiger partial charge in [-0.25, -0.2) is 4.79 Å². The van der Waals surface area contributed by atoms with Crippen molar-refractivity contribution in [3.63, 3.8) is 0 Å². The Balaban J connectivity index is 1.86. The molecule has 2 aromatic rings. The Kier molecular flexibility index (Phi) is 5.08. The second-order valence-corrected chi connectivity index (χ2v) is 6.29. The lowest BCUT2D eigenvalue weighted by Gasteiger charge is -2.14. The third-order valence-electron chi connectivity index (χ3n) is 3.82. The molecule has 0 aromatic heterocycles. The standard InChI is InChI=1S/C17H15N3O5S/c1-26-13-5-6-15(20(23)24)14(10-13)16(21)18-11-3-2-4-12(9-11)19-7-8-25-17(19)22/h2-6,9-10H,7-8H2,1H3,(H,18,21). The van der Waals surface area contributed by atoms with Crippen molar-refractivity contribution in [1.82, 2.24) is 0 Å². The van der Waals surface area contributed by atoms with Crippen molar-refractivity contribution in [3.8, 4) is 0 Å². The average molecular weight is 373 g/mol. The summed E-state index contributed by atoms with van der Waals surface area (Å²) < 4.78 is 4.90. The smallest absolute Gasteiger partial charge is 0.414 e. The van der Waals surface area contributed by atoms with Crippen LogP contribution >= 0.6 is 11.8 Å². The number of rotatable bonds is 5. The van der Waals surface area contributed by atoms with Crippen LogP contribution in [0, 0.1) is 10.1 Å². The van der Waals surface area contributed by atoms with Crippen LogP contribution in [0.15, 0.2) is 47.4 Å². The summed E-state index contributed by atoms with van der Waals surface area (Å²) in [4.78, 5) is 37.0. The van der Waals surface area contributed by atoms with Gasteiger partial charge in [-0.1, -0.05) is 6.07 Å². The van der Waals surface area contributed by atoms with Crippen LogP contribution in [0.1, 0.15) is 10.4 Å². The van der Waals surface area contributed by atoms with Crippen molar-refractivity contribution in [2.75, 3.05) is 29.6 Å². The van der Waals surface area contributed by atoms with E-state index < -0.39 is 16.9 Å². The molecule has 2 amide bonds. The van der Waals surface area contributed by atoms with E-state index in [0.717, 1.165) is 4.90 Å². The molecule has 0 spiro atoms. The fraction of sp³-hybridized carbons (Fsp3) is 0.176. The van der Waals surface area contributed by atoms with Crippen LogP contribution in [0.5, 0.6) is 0 Å². The molecule has 134 valence electrons. The molecule has 0 radical (unpaired) electrons. The number of hydrogen-bond acceptors (Lipinski definition) is 6. The number of thioether (sulfide) groups is 1. The zero-order chi connectivity index (χ0) is 18.7. The number of nitro benzene ring substituents is 1. The molecule has 1 heterocycles. The lowest BCUT2D eigenvalue weighted by molar-refractivity contribution is -0.385. The second kappa shape index (κ2) is 7.44. The third-order valence-corrected chi connectivity index (χ3v) is 4.55. The summed E-state index contributed by atoms with van der Waals surface area (Å²) in [6.07, 6.45) is 1.37. The summed E-state index contributed by atoms with van der Waals surface area (Å²) in [5.41, 5.74) is 0.723. The minimum atomic E-state index is -0.589. The molecule has 8 nitrogen and oxygen atoms in total. The predicted octanol–water partition coefficient (Wildman–Crippen LogP) is 3.53. The number of hydrogen-bond donors (Lipinski definition) is 1. The van der Waals surface area contributed by atoms with Gasteiger partial charge < -0.3 is 10.1 Å². The molecule has 1 aliphatic heterocycles. The lowest BCUT2D eigenvalue weighted by Crippen LogP contribution is -2.23. The first-order valence-corrected chi connectivity index (χ1v) is 8.90. The number of anilines is 2. The monoisotopic (exact) mass is 373 g/mol. The van der Waals surface area contributed by atoms with Crippen molar-refractivity contribution < 1.29 is 19.2 Å². The zero-order valence-electron chi connectivity index (χ0n) is 13.8. The molecule has 1 N–H and O–H groups in total. The van der Waals surface area contributed by atoms with Crippen molar-refractivity contribution in [2.45, 2.75) is 4.90 Å². The number of carbonyl (C=O) groups excluding carboxylic acids is 2. The molecule has 0 unspecified atom stereocenters. The number of nitrogens with zero attached hydrogens (tertiary/aromatic N) is 2. The van der Waals surface area contributed by atoms with E-state index in [4.69, 9.17) is 4.74 Å². The van der Waals surface area contributed by atoms with Gasteiger partial charge in [-0.15, -0.1) is 11.8 Å². The molecule has 26 heavy (non-hydrogen) atoms. The van der Waals surface area contributed by atoms with E-state index in [1.807, 2.05) is 6.26 Å². The van der Waals surface area contributed by atoms with Crippen LogP contribution in [0.2, 0.25) is 0 Å². The Bertz CT molecular complexity index is 886. The number of nitrogens with one attached hydrogen (secondary N) is 1. The highest BCUT2D eigenvalue weighted by atomic mass is 32.2. The maximum absolute atomic E-state index is 12.6. The first kappa shape index (κ1) is 17.7. The average Bonchev–Trinajstić information content (AvgIpc) is 3.07. The van der Waals surface area contributed by atoms with Gasteiger partial charge in [0.15, 0.2) is 0 Å². The van der Waals surface area contributed by atoms with Crippen molar-refractivity contribution in [3.05, 3.63) is 58.1 Å². The molecule has 9 heteroatoms. The maximum atomic E-state index is 12.6. The molecule has 1 saturated heterocycles. The Hall–Kier alpha value is -3.07. The van der Waals surface area contributed by atoms with Gasteiger partial charge in [0.1, 0.15) is 12.2 Å². The normalized spacial score (nSPS) is 13.4. The Labute approximate surface area is 153 Å². The number of cyclic esters (lactones) is 1. The van der Waals surface area contributed by atoms with E-state index in [1.165, 1.54) is 28.8 Å². The summed E-state index contributed by atoms with van der Waals surface area (Å²) in [6, 6.07) is 11.1. The number of benzene rings is 2. The molecule has 0 saturated carbocycles. The van der Waals surface area contributed by atoms with Crippen LogP contribution in [-0.2, 0) is 4.74 Å². The number of amides is 2. The number of carbonyl (C=O) groups is 2. The van der Waals surface area contributed by atoms with Crippen LogP contribution in [0.25, 0.3) is 0 Å². The van der Waals surface area contributed by atoms with Gasteiger partial charge in [-0.05, 0) is 36.6 Å². The Morgan fingerprint density at radius 1 is 1.31 bits per heavy atom. The van der Waals surface area contributed by atoms with Crippen molar-refractivity contribution in [1.29, 1.82) is 0 Å². The van der Waals surface area contributed by atoms with Gasteiger partial charge in [-0.3, -0.25) is 19.8 Å². The second-order valence-electron chi connectivity index (χ2n) is 5.41. The molecule has 0 aliphatic carbocycles. The quantitative estimate of drug-likeness (QED) is 0.489. The van der Waals surface area contributed by atoms with Crippen molar-refractivity contribution in [2.24, 2.45) is 0 Å². The van der Waals surface area contributed by atoms with Gasteiger partial charge in [0.2, 0.25) is 0 Å². The lowest BCUT2D eigenvalue weighted by atomic mass is 10.1.